The minimum absolute atomic E-state index is 0.109. The number of hydrogen-bond acceptors (Lipinski definition) is 4. The van der Waals surface area contributed by atoms with Gasteiger partial charge in [0.15, 0.2) is 0 Å². The molecule has 2 rings (SSSR count). The normalized spacial score (nSPS) is 27.0. The molecule has 1 aromatic carbocycles. The number of hydrogen-bond donors (Lipinski definition) is 0. The molecule has 0 bridgehead atoms. The van der Waals surface area contributed by atoms with Gasteiger partial charge in [0, 0.05) is 7.11 Å². The highest BCUT2D eigenvalue weighted by Gasteiger charge is 2.41. The van der Waals surface area contributed by atoms with Crippen LogP contribution in [0.1, 0.15) is 25.3 Å². The Balaban J connectivity index is 1.91. The molecule has 0 N–H and O–H groups in total. The van der Waals surface area contributed by atoms with Crippen LogP contribution in [0.4, 0.5) is 0 Å². The SMILES string of the molecule is CO[C@]1(C)C[C@H](COS(=O)(=O)c2ccc(C)cc2)C1. The predicted molar refractivity (Wildman–Crippen MR) is 72.5 cm³/mol. The van der Waals surface area contributed by atoms with Crippen LogP contribution in [0.15, 0.2) is 29.2 Å². The van der Waals surface area contributed by atoms with Crippen LogP contribution >= 0.6 is 0 Å². The van der Waals surface area contributed by atoms with E-state index in [1.165, 1.54) is 0 Å². The molecule has 106 valence electrons. The van der Waals surface area contributed by atoms with Gasteiger partial charge in [-0.05, 0) is 44.7 Å². The van der Waals surface area contributed by atoms with Crippen molar-refractivity contribution >= 4 is 10.1 Å². The van der Waals surface area contributed by atoms with Gasteiger partial charge in [0.25, 0.3) is 10.1 Å². The van der Waals surface area contributed by atoms with Crippen molar-refractivity contribution < 1.29 is 17.3 Å². The molecule has 0 amide bonds. The molecule has 1 aromatic rings. The smallest absolute Gasteiger partial charge is 0.296 e. The van der Waals surface area contributed by atoms with E-state index < -0.39 is 10.1 Å². The minimum Gasteiger partial charge on any atom is -0.379 e. The van der Waals surface area contributed by atoms with E-state index >= 15 is 0 Å². The molecule has 0 unspecified atom stereocenters. The van der Waals surface area contributed by atoms with Crippen molar-refractivity contribution in [3.8, 4) is 0 Å². The van der Waals surface area contributed by atoms with Crippen LogP contribution in [0.5, 0.6) is 0 Å². The summed E-state index contributed by atoms with van der Waals surface area (Å²) in [5.74, 6) is 0.255. The van der Waals surface area contributed by atoms with Gasteiger partial charge in [-0.2, -0.15) is 8.42 Å². The Morgan fingerprint density at radius 1 is 1.26 bits per heavy atom. The summed E-state index contributed by atoms with van der Waals surface area (Å²) in [4.78, 5) is 0.215. The third-order valence-corrected chi connectivity index (χ3v) is 5.00. The van der Waals surface area contributed by atoms with Gasteiger partial charge in [-0.3, -0.25) is 4.18 Å². The third kappa shape index (κ3) is 3.35. The highest BCUT2D eigenvalue weighted by Crippen LogP contribution is 2.40. The monoisotopic (exact) mass is 284 g/mol. The molecule has 5 heteroatoms. The van der Waals surface area contributed by atoms with Crippen LogP contribution in [0, 0.1) is 12.8 Å². The van der Waals surface area contributed by atoms with Crippen molar-refractivity contribution in [2.75, 3.05) is 13.7 Å². The van der Waals surface area contributed by atoms with Gasteiger partial charge >= 0.3 is 0 Å². The Morgan fingerprint density at radius 2 is 1.84 bits per heavy atom. The Kier molecular flexibility index (Phi) is 3.99. The average molecular weight is 284 g/mol. The summed E-state index contributed by atoms with van der Waals surface area (Å²) in [6.07, 6.45) is 1.68. The molecule has 19 heavy (non-hydrogen) atoms. The molecular formula is C14H20O4S. The maximum Gasteiger partial charge on any atom is 0.296 e. The summed E-state index contributed by atoms with van der Waals surface area (Å²) in [5, 5.41) is 0. The number of methoxy groups -OCH3 is 1. The number of ether oxygens (including phenoxy) is 1. The van der Waals surface area contributed by atoms with Gasteiger partial charge in [-0.25, -0.2) is 0 Å². The van der Waals surface area contributed by atoms with E-state index in [1.54, 1.807) is 31.4 Å². The summed E-state index contributed by atoms with van der Waals surface area (Å²) < 4.78 is 34.4. The molecule has 0 heterocycles. The van der Waals surface area contributed by atoms with E-state index in [0.717, 1.165) is 18.4 Å². The van der Waals surface area contributed by atoms with Crippen LogP contribution in [-0.2, 0) is 19.0 Å². The topological polar surface area (TPSA) is 52.6 Å². The summed E-state index contributed by atoms with van der Waals surface area (Å²) in [6, 6.07) is 6.68. The Morgan fingerprint density at radius 3 is 2.37 bits per heavy atom. The molecule has 1 saturated carbocycles. The van der Waals surface area contributed by atoms with Crippen LogP contribution < -0.4 is 0 Å². The standard InChI is InChI=1S/C14H20O4S/c1-11-4-6-13(7-5-11)19(15,16)18-10-12-8-14(2,9-12)17-3/h4-7,12H,8-10H2,1-3H3/t12-,14+. The van der Waals surface area contributed by atoms with E-state index in [-0.39, 0.29) is 23.0 Å². The van der Waals surface area contributed by atoms with Gasteiger partial charge in [0.05, 0.1) is 17.1 Å². The highest BCUT2D eigenvalue weighted by atomic mass is 32.2. The lowest BCUT2D eigenvalue weighted by atomic mass is 9.72. The summed E-state index contributed by atoms with van der Waals surface area (Å²) in [5.41, 5.74) is 0.913. The highest BCUT2D eigenvalue weighted by molar-refractivity contribution is 7.86. The van der Waals surface area contributed by atoms with Crippen LogP contribution in [0.2, 0.25) is 0 Å². The maximum absolute atomic E-state index is 12.0. The fourth-order valence-corrected chi connectivity index (χ4v) is 3.38. The second-order valence-corrected chi connectivity index (χ2v) is 7.10. The van der Waals surface area contributed by atoms with Gasteiger partial charge in [-0.15, -0.1) is 0 Å². The zero-order chi connectivity index (χ0) is 14.1. The lowest BCUT2D eigenvalue weighted by molar-refractivity contribution is -0.0987. The molecule has 0 radical (unpaired) electrons. The number of rotatable bonds is 5. The van der Waals surface area contributed by atoms with Crippen molar-refractivity contribution in [2.45, 2.75) is 37.2 Å². The van der Waals surface area contributed by atoms with Crippen molar-refractivity contribution in [1.82, 2.24) is 0 Å². The van der Waals surface area contributed by atoms with E-state index in [9.17, 15) is 8.42 Å². The van der Waals surface area contributed by atoms with E-state index in [4.69, 9.17) is 8.92 Å². The Bertz CT molecular complexity index is 527. The average Bonchev–Trinajstić information content (AvgIpc) is 2.34. The molecule has 1 fully saturated rings. The van der Waals surface area contributed by atoms with Crippen molar-refractivity contribution in [2.24, 2.45) is 5.92 Å². The summed E-state index contributed by atoms with van der Waals surface area (Å²) in [6.45, 7) is 4.17. The first kappa shape index (κ1) is 14.5. The zero-order valence-corrected chi connectivity index (χ0v) is 12.4. The molecule has 4 nitrogen and oxygen atoms in total. The van der Waals surface area contributed by atoms with Gasteiger partial charge in [0.1, 0.15) is 0 Å². The van der Waals surface area contributed by atoms with Gasteiger partial charge in [-0.1, -0.05) is 17.7 Å². The molecule has 1 aliphatic rings. The Labute approximate surface area is 114 Å². The fourth-order valence-electron chi connectivity index (χ4n) is 2.40. The molecule has 0 spiro atoms. The summed E-state index contributed by atoms with van der Waals surface area (Å²) >= 11 is 0. The lowest BCUT2D eigenvalue weighted by Crippen LogP contribution is -2.44. The lowest BCUT2D eigenvalue weighted by Gasteiger charge is -2.43. The first-order valence-electron chi connectivity index (χ1n) is 6.36. The van der Waals surface area contributed by atoms with E-state index in [1.807, 2.05) is 13.8 Å². The Hall–Kier alpha value is -0.910. The second kappa shape index (κ2) is 5.23. The molecule has 0 atom stereocenters. The third-order valence-electron chi connectivity index (χ3n) is 3.70. The molecule has 1 aliphatic carbocycles. The van der Waals surface area contributed by atoms with Crippen LogP contribution in [0.3, 0.4) is 0 Å². The maximum atomic E-state index is 12.0. The molecule has 0 saturated heterocycles. The quantitative estimate of drug-likeness (QED) is 0.780. The predicted octanol–water partition coefficient (Wildman–Crippen LogP) is 2.52. The number of aryl methyl sites for hydroxylation is 1. The largest absolute Gasteiger partial charge is 0.379 e. The molecular weight excluding hydrogens is 264 g/mol. The van der Waals surface area contributed by atoms with Gasteiger partial charge < -0.3 is 4.74 Å². The number of benzene rings is 1. The van der Waals surface area contributed by atoms with Crippen molar-refractivity contribution in [3.05, 3.63) is 29.8 Å². The van der Waals surface area contributed by atoms with E-state index in [0.29, 0.717) is 0 Å². The fraction of sp³-hybridized carbons (Fsp3) is 0.571. The van der Waals surface area contributed by atoms with Crippen LogP contribution in [-0.4, -0.2) is 27.7 Å². The van der Waals surface area contributed by atoms with Gasteiger partial charge in [0.2, 0.25) is 0 Å². The first-order valence-corrected chi connectivity index (χ1v) is 7.77. The molecule has 0 aliphatic heterocycles. The first-order chi connectivity index (χ1) is 8.85. The van der Waals surface area contributed by atoms with Crippen LogP contribution in [0.25, 0.3) is 0 Å². The van der Waals surface area contributed by atoms with E-state index in [2.05, 4.69) is 0 Å². The molecule has 0 aromatic heterocycles. The van der Waals surface area contributed by atoms with Crippen molar-refractivity contribution in [3.63, 3.8) is 0 Å². The second-order valence-electron chi connectivity index (χ2n) is 5.48. The van der Waals surface area contributed by atoms with Crippen molar-refractivity contribution in [1.29, 1.82) is 0 Å². The minimum atomic E-state index is -3.63. The zero-order valence-electron chi connectivity index (χ0n) is 11.5. The summed E-state index contributed by atoms with van der Waals surface area (Å²) in [7, 11) is -1.95.